The van der Waals surface area contributed by atoms with Crippen LogP contribution in [0.25, 0.3) is 5.53 Å². The molecule has 0 saturated heterocycles. The lowest BCUT2D eigenvalue weighted by molar-refractivity contribution is -0.137. The SMILES string of the molecule is COC(=O)C(=[N+]=[N-])c1cccc(OC)c1. The van der Waals surface area contributed by atoms with E-state index < -0.39 is 5.97 Å². The standard InChI is InChI=1S/C10H10N2O3/c1-14-8-5-3-4-7(6-8)9(12-11)10(13)15-2/h3-6H,1-2H3. The van der Waals surface area contributed by atoms with Gasteiger partial charge in [-0.3, -0.25) is 0 Å². The summed E-state index contributed by atoms with van der Waals surface area (Å²) in [6.45, 7) is 0. The predicted molar refractivity (Wildman–Crippen MR) is 52.7 cm³/mol. The maximum absolute atomic E-state index is 11.2. The molecule has 78 valence electrons. The Labute approximate surface area is 86.9 Å². The Morgan fingerprint density at radius 3 is 2.67 bits per heavy atom. The lowest BCUT2D eigenvalue weighted by Crippen LogP contribution is -2.18. The van der Waals surface area contributed by atoms with E-state index in [1.54, 1.807) is 24.3 Å². The van der Waals surface area contributed by atoms with E-state index in [-0.39, 0.29) is 5.71 Å². The van der Waals surface area contributed by atoms with E-state index in [9.17, 15) is 4.79 Å². The van der Waals surface area contributed by atoms with Crippen LogP contribution in [-0.2, 0) is 9.53 Å². The van der Waals surface area contributed by atoms with Gasteiger partial charge < -0.3 is 15.0 Å². The summed E-state index contributed by atoms with van der Waals surface area (Å²) < 4.78 is 9.43. The summed E-state index contributed by atoms with van der Waals surface area (Å²) in [5.74, 6) is -0.136. The number of esters is 1. The predicted octanol–water partition coefficient (Wildman–Crippen LogP) is 0.887. The number of ether oxygens (including phenoxy) is 2. The van der Waals surface area contributed by atoms with E-state index in [0.717, 1.165) is 0 Å². The average molecular weight is 206 g/mol. The number of hydrogen-bond donors (Lipinski definition) is 0. The second kappa shape index (κ2) is 4.93. The summed E-state index contributed by atoms with van der Waals surface area (Å²) in [7, 11) is 2.72. The quantitative estimate of drug-likeness (QED) is 0.319. The number of nitrogens with zero attached hydrogens (tertiary/aromatic N) is 2. The van der Waals surface area contributed by atoms with Gasteiger partial charge >= 0.3 is 11.7 Å². The third-order valence-corrected chi connectivity index (χ3v) is 1.82. The van der Waals surface area contributed by atoms with Gasteiger partial charge in [-0.2, -0.15) is 4.79 Å². The van der Waals surface area contributed by atoms with E-state index in [2.05, 4.69) is 9.53 Å². The number of benzene rings is 1. The van der Waals surface area contributed by atoms with Crippen LogP contribution in [0.5, 0.6) is 5.75 Å². The molecule has 0 amide bonds. The lowest BCUT2D eigenvalue weighted by Gasteiger charge is -2.00. The van der Waals surface area contributed by atoms with Crippen molar-refractivity contribution >= 4 is 11.7 Å². The highest BCUT2D eigenvalue weighted by Crippen LogP contribution is 2.13. The van der Waals surface area contributed by atoms with Gasteiger partial charge in [0.15, 0.2) is 0 Å². The van der Waals surface area contributed by atoms with Gasteiger partial charge in [0.25, 0.3) is 0 Å². The van der Waals surface area contributed by atoms with Crippen LogP contribution in [0.2, 0.25) is 0 Å². The van der Waals surface area contributed by atoms with Gasteiger partial charge in [0.1, 0.15) is 5.75 Å². The Morgan fingerprint density at radius 2 is 2.13 bits per heavy atom. The maximum Gasteiger partial charge on any atom is 0.422 e. The highest BCUT2D eigenvalue weighted by atomic mass is 16.5. The summed E-state index contributed by atoms with van der Waals surface area (Å²) in [5.41, 5.74) is 8.97. The minimum atomic E-state index is -0.703. The first kappa shape index (κ1) is 10.9. The number of hydrogen-bond acceptors (Lipinski definition) is 3. The Morgan fingerprint density at radius 1 is 1.40 bits per heavy atom. The van der Waals surface area contributed by atoms with Crippen LogP contribution in [0.4, 0.5) is 0 Å². The summed E-state index contributed by atoms with van der Waals surface area (Å²) in [4.78, 5) is 14.1. The molecule has 0 heterocycles. The highest BCUT2D eigenvalue weighted by molar-refractivity contribution is 6.40. The van der Waals surface area contributed by atoms with Crippen molar-refractivity contribution in [3.63, 3.8) is 0 Å². The fraction of sp³-hybridized carbons (Fsp3) is 0.200. The molecule has 0 aliphatic heterocycles. The monoisotopic (exact) mass is 206 g/mol. The molecule has 0 fully saturated rings. The van der Waals surface area contributed by atoms with Crippen LogP contribution < -0.4 is 4.74 Å². The zero-order valence-corrected chi connectivity index (χ0v) is 8.43. The van der Waals surface area contributed by atoms with Crippen LogP contribution in [0.1, 0.15) is 5.56 Å². The van der Waals surface area contributed by atoms with Gasteiger partial charge in [-0.15, -0.1) is 0 Å². The molecule has 0 aliphatic rings. The molecule has 0 aromatic heterocycles. The Hall–Kier alpha value is -2.13. The molecular formula is C10H10N2O3. The molecule has 15 heavy (non-hydrogen) atoms. The average Bonchev–Trinajstić information content (AvgIpc) is 2.30. The first-order chi connectivity index (χ1) is 7.22. The zero-order valence-electron chi connectivity index (χ0n) is 8.43. The van der Waals surface area contributed by atoms with Crippen molar-refractivity contribution in [2.24, 2.45) is 0 Å². The van der Waals surface area contributed by atoms with Crippen molar-refractivity contribution in [3.8, 4) is 5.75 Å². The van der Waals surface area contributed by atoms with Gasteiger partial charge in [-0.05, 0) is 18.2 Å². The van der Waals surface area contributed by atoms with Gasteiger partial charge in [-0.25, -0.2) is 4.79 Å². The van der Waals surface area contributed by atoms with E-state index in [1.165, 1.54) is 14.2 Å². The lowest BCUT2D eigenvalue weighted by atomic mass is 10.1. The molecule has 0 atom stereocenters. The van der Waals surface area contributed by atoms with E-state index in [1.807, 2.05) is 0 Å². The number of methoxy groups -OCH3 is 2. The van der Waals surface area contributed by atoms with Crippen LogP contribution in [0.15, 0.2) is 24.3 Å². The van der Waals surface area contributed by atoms with Crippen molar-refractivity contribution in [3.05, 3.63) is 35.4 Å². The number of carbonyl (C=O) groups is 1. The summed E-state index contributed by atoms with van der Waals surface area (Å²) in [6, 6.07) is 6.60. The van der Waals surface area contributed by atoms with Gasteiger partial charge in [0.05, 0.1) is 19.8 Å². The molecule has 0 aliphatic carbocycles. The third kappa shape index (κ3) is 2.42. The van der Waals surface area contributed by atoms with Crippen molar-refractivity contribution in [2.45, 2.75) is 0 Å². The number of rotatable bonds is 3. The maximum atomic E-state index is 11.2. The number of carbonyl (C=O) groups excluding carboxylic acids is 1. The minimum absolute atomic E-state index is 0.156. The van der Waals surface area contributed by atoms with E-state index >= 15 is 0 Å². The Kier molecular flexibility index (Phi) is 3.60. The fourth-order valence-electron chi connectivity index (χ4n) is 1.08. The normalized spacial score (nSPS) is 8.93. The Balaban J connectivity index is 3.14. The largest absolute Gasteiger partial charge is 0.497 e. The van der Waals surface area contributed by atoms with Crippen molar-refractivity contribution < 1.29 is 19.1 Å². The van der Waals surface area contributed by atoms with Crippen molar-refractivity contribution in [2.75, 3.05) is 14.2 Å². The van der Waals surface area contributed by atoms with E-state index in [4.69, 9.17) is 10.3 Å². The van der Waals surface area contributed by atoms with Crippen molar-refractivity contribution in [1.82, 2.24) is 0 Å². The van der Waals surface area contributed by atoms with Gasteiger partial charge in [0.2, 0.25) is 0 Å². The van der Waals surface area contributed by atoms with E-state index in [0.29, 0.717) is 11.3 Å². The molecule has 0 N–H and O–H groups in total. The molecule has 0 saturated carbocycles. The first-order valence-corrected chi connectivity index (χ1v) is 4.17. The molecular weight excluding hydrogens is 196 g/mol. The van der Waals surface area contributed by atoms with Gasteiger partial charge in [0, 0.05) is 0 Å². The van der Waals surface area contributed by atoms with Crippen molar-refractivity contribution in [1.29, 1.82) is 0 Å². The molecule has 0 spiro atoms. The molecule has 1 aromatic rings. The molecule has 0 radical (unpaired) electrons. The van der Waals surface area contributed by atoms with Crippen LogP contribution in [-0.4, -0.2) is 30.7 Å². The molecule has 0 bridgehead atoms. The minimum Gasteiger partial charge on any atom is -0.497 e. The Bertz CT molecular complexity index is 422. The molecule has 1 aromatic carbocycles. The first-order valence-electron chi connectivity index (χ1n) is 4.17. The molecule has 5 heteroatoms. The zero-order chi connectivity index (χ0) is 11.3. The van der Waals surface area contributed by atoms with Gasteiger partial charge in [-0.1, -0.05) is 6.07 Å². The van der Waals surface area contributed by atoms with Crippen LogP contribution >= 0.6 is 0 Å². The molecule has 5 nitrogen and oxygen atoms in total. The summed E-state index contributed by atoms with van der Waals surface area (Å²) >= 11 is 0. The molecule has 0 unspecified atom stereocenters. The molecule has 1 rings (SSSR count). The third-order valence-electron chi connectivity index (χ3n) is 1.82. The second-order valence-electron chi connectivity index (χ2n) is 2.67. The second-order valence-corrected chi connectivity index (χ2v) is 2.67. The summed E-state index contributed by atoms with van der Waals surface area (Å²) in [6.07, 6.45) is 0. The van der Waals surface area contributed by atoms with Crippen LogP contribution in [0, 0.1) is 0 Å². The summed E-state index contributed by atoms with van der Waals surface area (Å²) in [5, 5.41) is 0. The topological polar surface area (TPSA) is 71.9 Å². The fourth-order valence-corrected chi connectivity index (χ4v) is 1.08. The smallest absolute Gasteiger partial charge is 0.422 e. The highest BCUT2D eigenvalue weighted by Gasteiger charge is 2.23. The van der Waals surface area contributed by atoms with Crippen LogP contribution in [0.3, 0.4) is 0 Å².